The fourth-order valence-corrected chi connectivity index (χ4v) is 2.67. The Morgan fingerprint density at radius 1 is 1.35 bits per heavy atom. The summed E-state index contributed by atoms with van der Waals surface area (Å²) in [5.74, 6) is 0. The number of aromatic nitrogens is 4. The van der Waals surface area contributed by atoms with Gasteiger partial charge in [-0.2, -0.15) is 5.10 Å². The number of rotatable bonds is 4. The molecule has 0 aliphatic carbocycles. The van der Waals surface area contributed by atoms with Crippen molar-refractivity contribution in [2.24, 2.45) is 7.05 Å². The van der Waals surface area contributed by atoms with Crippen molar-refractivity contribution in [2.45, 2.75) is 12.7 Å². The molecule has 4 heterocycles. The molecule has 1 fully saturated rings. The maximum atomic E-state index is 5.97. The second-order valence-electron chi connectivity index (χ2n) is 5.53. The van der Waals surface area contributed by atoms with Gasteiger partial charge in [0, 0.05) is 30.6 Å². The Bertz CT molecular complexity index is 860. The lowest BCUT2D eigenvalue weighted by Gasteiger charge is -2.25. The molecule has 0 radical (unpaired) electrons. The van der Waals surface area contributed by atoms with E-state index in [1.165, 1.54) is 0 Å². The van der Waals surface area contributed by atoms with Gasteiger partial charge in [0.25, 0.3) is 0 Å². The third-order valence-corrected chi connectivity index (χ3v) is 3.99. The Labute approximate surface area is 138 Å². The van der Waals surface area contributed by atoms with E-state index in [0.29, 0.717) is 25.0 Å². The van der Waals surface area contributed by atoms with Crippen LogP contribution in [0.15, 0.2) is 30.6 Å². The van der Waals surface area contributed by atoms with Crippen molar-refractivity contribution in [1.82, 2.24) is 19.7 Å². The van der Waals surface area contributed by atoms with Gasteiger partial charge in [-0.3, -0.25) is 9.67 Å². The van der Waals surface area contributed by atoms with Crippen LogP contribution in [-0.4, -0.2) is 39.1 Å². The van der Waals surface area contributed by atoms with Crippen LogP contribution in [0.5, 0.6) is 0 Å². The Morgan fingerprint density at radius 2 is 2.22 bits per heavy atom. The van der Waals surface area contributed by atoms with Gasteiger partial charge in [-0.25, -0.2) is 4.98 Å². The summed E-state index contributed by atoms with van der Waals surface area (Å²) in [7, 11) is 1.89. The zero-order chi connectivity index (χ0) is 15.8. The summed E-state index contributed by atoms with van der Waals surface area (Å²) < 4.78 is 12.7. The summed E-state index contributed by atoms with van der Waals surface area (Å²) in [6.07, 6.45) is 3.95. The minimum Gasteiger partial charge on any atom is -0.376 e. The molecule has 0 aromatic carbocycles. The minimum absolute atomic E-state index is 0.167. The highest BCUT2D eigenvalue weighted by Crippen LogP contribution is 2.26. The van der Waals surface area contributed by atoms with Gasteiger partial charge in [0.15, 0.2) is 0 Å². The standard InChI is InChI=1S/C16H15ClN4O2/c1-21-6-12(15(20-21)9-23-11-7-22-8-11)10-4-14-13(18-5-10)2-3-16(17)19-14/h2-6,11H,7-9H2,1H3. The summed E-state index contributed by atoms with van der Waals surface area (Å²) >= 11 is 5.97. The molecule has 4 rings (SSSR count). The fourth-order valence-electron chi connectivity index (χ4n) is 2.52. The van der Waals surface area contributed by atoms with Crippen molar-refractivity contribution < 1.29 is 9.47 Å². The van der Waals surface area contributed by atoms with Gasteiger partial charge in [-0.15, -0.1) is 0 Å². The molecule has 118 valence electrons. The van der Waals surface area contributed by atoms with Crippen molar-refractivity contribution in [3.05, 3.63) is 41.4 Å². The van der Waals surface area contributed by atoms with Gasteiger partial charge in [0.2, 0.25) is 0 Å². The molecule has 1 aliphatic heterocycles. The number of nitrogens with zero attached hydrogens (tertiary/aromatic N) is 4. The predicted octanol–water partition coefficient (Wildman–Crippen LogP) is 2.60. The molecule has 1 aliphatic rings. The molecule has 3 aromatic heterocycles. The smallest absolute Gasteiger partial charge is 0.129 e. The summed E-state index contributed by atoms with van der Waals surface area (Å²) in [4.78, 5) is 8.78. The molecule has 23 heavy (non-hydrogen) atoms. The minimum atomic E-state index is 0.167. The van der Waals surface area contributed by atoms with Crippen molar-refractivity contribution in [1.29, 1.82) is 0 Å². The predicted molar refractivity (Wildman–Crippen MR) is 86.1 cm³/mol. The van der Waals surface area contributed by atoms with E-state index in [-0.39, 0.29) is 6.10 Å². The lowest BCUT2D eigenvalue weighted by atomic mass is 10.1. The number of ether oxygens (including phenoxy) is 2. The monoisotopic (exact) mass is 330 g/mol. The maximum absolute atomic E-state index is 5.97. The first-order chi connectivity index (χ1) is 11.2. The fraction of sp³-hybridized carbons (Fsp3) is 0.312. The van der Waals surface area contributed by atoms with Crippen LogP contribution in [0.2, 0.25) is 5.15 Å². The average molecular weight is 331 g/mol. The first-order valence-electron chi connectivity index (χ1n) is 7.33. The highest BCUT2D eigenvalue weighted by molar-refractivity contribution is 6.29. The number of pyridine rings is 2. The van der Waals surface area contributed by atoms with Gasteiger partial charge in [0.1, 0.15) is 11.3 Å². The molecule has 0 spiro atoms. The Kier molecular flexibility index (Phi) is 3.72. The number of hydrogen-bond acceptors (Lipinski definition) is 5. The van der Waals surface area contributed by atoms with Gasteiger partial charge in [-0.05, 0) is 18.2 Å². The van der Waals surface area contributed by atoms with Crippen LogP contribution in [0.1, 0.15) is 5.69 Å². The van der Waals surface area contributed by atoms with E-state index in [9.17, 15) is 0 Å². The maximum Gasteiger partial charge on any atom is 0.129 e. The first kappa shape index (κ1) is 14.6. The van der Waals surface area contributed by atoms with Gasteiger partial charge in [-0.1, -0.05) is 11.6 Å². The van der Waals surface area contributed by atoms with E-state index >= 15 is 0 Å². The third-order valence-electron chi connectivity index (χ3n) is 3.78. The topological polar surface area (TPSA) is 62.1 Å². The van der Waals surface area contributed by atoms with E-state index in [1.807, 2.05) is 31.6 Å². The number of fused-ring (bicyclic) bond motifs is 1. The summed E-state index contributed by atoms with van der Waals surface area (Å²) in [6.45, 7) is 1.76. The molecule has 7 heteroatoms. The van der Waals surface area contributed by atoms with Gasteiger partial charge >= 0.3 is 0 Å². The lowest BCUT2D eigenvalue weighted by molar-refractivity contribution is -0.135. The van der Waals surface area contributed by atoms with Gasteiger partial charge in [0.05, 0.1) is 36.5 Å². The lowest BCUT2D eigenvalue weighted by Crippen LogP contribution is -2.35. The quantitative estimate of drug-likeness (QED) is 0.688. The molecule has 0 bridgehead atoms. The molecule has 0 saturated carbocycles. The van der Waals surface area contributed by atoms with Crippen molar-refractivity contribution >= 4 is 22.6 Å². The van der Waals surface area contributed by atoms with Crippen LogP contribution in [0.3, 0.4) is 0 Å². The summed E-state index contributed by atoms with van der Waals surface area (Å²) in [6, 6.07) is 5.57. The van der Waals surface area contributed by atoms with E-state index < -0.39 is 0 Å². The number of hydrogen-bond donors (Lipinski definition) is 0. The summed E-state index contributed by atoms with van der Waals surface area (Å²) in [5.41, 5.74) is 4.39. The van der Waals surface area contributed by atoms with Crippen LogP contribution in [-0.2, 0) is 23.1 Å². The second-order valence-corrected chi connectivity index (χ2v) is 5.92. The molecule has 1 saturated heterocycles. The Morgan fingerprint density at radius 3 is 3.00 bits per heavy atom. The molecule has 0 N–H and O–H groups in total. The van der Waals surface area contributed by atoms with E-state index in [4.69, 9.17) is 21.1 Å². The van der Waals surface area contributed by atoms with Crippen molar-refractivity contribution in [3.63, 3.8) is 0 Å². The number of halogens is 1. The van der Waals surface area contributed by atoms with E-state index in [2.05, 4.69) is 15.1 Å². The van der Waals surface area contributed by atoms with Crippen molar-refractivity contribution in [3.8, 4) is 11.1 Å². The third kappa shape index (κ3) is 2.93. The molecule has 0 amide bonds. The first-order valence-corrected chi connectivity index (χ1v) is 7.71. The summed E-state index contributed by atoms with van der Waals surface area (Å²) in [5, 5.41) is 4.95. The zero-order valence-corrected chi connectivity index (χ0v) is 13.3. The Balaban J connectivity index is 1.68. The van der Waals surface area contributed by atoms with Crippen LogP contribution >= 0.6 is 11.6 Å². The van der Waals surface area contributed by atoms with Crippen molar-refractivity contribution in [2.75, 3.05) is 13.2 Å². The molecule has 3 aromatic rings. The molecule has 0 unspecified atom stereocenters. The second kappa shape index (κ2) is 5.88. The van der Waals surface area contributed by atoms with Gasteiger partial charge < -0.3 is 9.47 Å². The normalized spacial score (nSPS) is 15.0. The largest absolute Gasteiger partial charge is 0.376 e. The van der Waals surface area contributed by atoms with E-state index in [1.54, 1.807) is 10.7 Å². The van der Waals surface area contributed by atoms with E-state index in [0.717, 1.165) is 27.9 Å². The molecular formula is C16H15ClN4O2. The molecular weight excluding hydrogens is 316 g/mol. The molecule has 0 atom stereocenters. The average Bonchev–Trinajstić information content (AvgIpc) is 2.86. The van der Waals surface area contributed by atoms with Crippen LogP contribution in [0.25, 0.3) is 22.2 Å². The highest BCUT2D eigenvalue weighted by atomic mass is 35.5. The highest BCUT2D eigenvalue weighted by Gasteiger charge is 2.20. The molecule has 6 nitrogen and oxygen atoms in total. The zero-order valence-electron chi connectivity index (χ0n) is 12.6. The van der Waals surface area contributed by atoms with Crippen LogP contribution in [0, 0.1) is 0 Å². The SMILES string of the molecule is Cn1cc(-c2cnc3ccc(Cl)nc3c2)c(COC2COC2)n1. The Hall–Kier alpha value is -2.02. The van der Waals surface area contributed by atoms with Crippen LogP contribution in [0.4, 0.5) is 0 Å². The van der Waals surface area contributed by atoms with Crippen LogP contribution < -0.4 is 0 Å². The number of aryl methyl sites for hydroxylation is 1.